The Balaban J connectivity index is 2.44. The molecule has 1 heteroatoms. The summed E-state index contributed by atoms with van der Waals surface area (Å²) in [6.07, 6.45) is 9.07. The lowest BCUT2D eigenvalue weighted by atomic mass is 9.95. The molecule has 0 saturated carbocycles. The highest BCUT2D eigenvalue weighted by Gasteiger charge is 2.28. The fraction of sp³-hybridized carbons (Fsp3) is 0.778. The molecule has 0 aromatic heterocycles. The molecule has 1 aliphatic rings. The molecule has 0 radical (unpaired) electrons. The van der Waals surface area contributed by atoms with Crippen LogP contribution in [-0.4, -0.2) is 12.7 Å². The van der Waals surface area contributed by atoms with Crippen LogP contribution in [0.4, 0.5) is 0 Å². The summed E-state index contributed by atoms with van der Waals surface area (Å²) in [6, 6.07) is 0. The fourth-order valence-electron chi connectivity index (χ4n) is 1.61. The van der Waals surface area contributed by atoms with E-state index in [-0.39, 0.29) is 5.60 Å². The molecule has 0 spiro atoms. The van der Waals surface area contributed by atoms with Gasteiger partial charge in [-0.15, -0.1) is 0 Å². The van der Waals surface area contributed by atoms with Crippen LogP contribution in [0.1, 0.15) is 32.6 Å². The summed E-state index contributed by atoms with van der Waals surface area (Å²) < 4.78 is 5.48. The smallest absolute Gasteiger partial charge is 0.0747 e. The van der Waals surface area contributed by atoms with E-state index in [9.17, 15) is 0 Å². The maximum Gasteiger partial charge on any atom is 0.0747 e. The van der Waals surface area contributed by atoms with Crippen LogP contribution in [0.5, 0.6) is 0 Å². The molecule has 0 aromatic carbocycles. The monoisotopic (exact) mass is 140 g/mol. The molecular formula is C9H16O. The average Bonchev–Trinajstić information content (AvgIpc) is 2.39. The van der Waals surface area contributed by atoms with E-state index in [0.29, 0.717) is 0 Å². The molecule has 0 heterocycles. The van der Waals surface area contributed by atoms with Gasteiger partial charge in [-0.3, -0.25) is 0 Å². The van der Waals surface area contributed by atoms with Gasteiger partial charge in [0, 0.05) is 7.11 Å². The van der Waals surface area contributed by atoms with E-state index in [2.05, 4.69) is 19.1 Å². The van der Waals surface area contributed by atoms with Crippen molar-refractivity contribution in [1.82, 2.24) is 0 Å². The molecule has 0 amide bonds. The third-order valence-corrected chi connectivity index (χ3v) is 2.29. The Morgan fingerprint density at radius 2 is 2.00 bits per heavy atom. The molecule has 0 atom stereocenters. The van der Waals surface area contributed by atoms with E-state index in [1.165, 1.54) is 12.8 Å². The summed E-state index contributed by atoms with van der Waals surface area (Å²) in [5, 5.41) is 0. The van der Waals surface area contributed by atoms with Crippen molar-refractivity contribution in [2.45, 2.75) is 38.2 Å². The van der Waals surface area contributed by atoms with Crippen molar-refractivity contribution in [2.24, 2.45) is 0 Å². The van der Waals surface area contributed by atoms with Crippen LogP contribution >= 0.6 is 0 Å². The van der Waals surface area contributed by atoms with Crippen LogP contribution in [0.3, 0.4) is 0 Å². The maximum atomic E-state index is 5.48. The fourth-order valence-corrected chi connectivity index (χ4v) is 1.61. The lowest BCUT2D eigenvalue weighted by molar-refractivity contribution is -0.00674. The number of ether oxygens (including phenoxy) is 1. The second-order valence-corrected chi connectivity index (χ2v) is 3.02. The van der Waals surface area contributed by atoms with E-state index in [4.69, 9.17) is 4.74 Å². The number of hydrogen-bond acceptors (Lipinski definition) is 1. The summed E-state index contributed by atoms with van der Waals surface area (Å²) in [6.45, 7) is 2.21. The van der Waals surface area contributed by atoms with Gasteiger partial charge in [-0.05, 0) is 19.3 Å². The van der Waals surface area contributed by atoms with E-state index in [1.54, 1.807) is 0 Å². The van der Waals surface area contributed by atoms with Crippen LogP contribution < -0.4 is 0 Å². The van der Waals surface area contributed by atoms with E-state index < -0.39 is 0 Å². The lowest BCUT2D eigenvalue weighted by Gasteiger charge is -2.26. The normalized spacial score (nSPS) is 21.8. The molecule has 58 valence electrons. The minimum atomic E-state index is 0.175. The number of hydrogen-bond donors (Lipinski definition) is 0. The molecular weight excluding hydrogens is 124 g/mol. The van der Waals surface area contributed by atoms with Gasteiger partial charge in [-0.25, -0.2) is 0 Å². The van der Waals surface area contributed by atoms with E-state index in [1.807, 2.05) is 7.11 Å². The molecule has 0 unspecified atom stereocenters. The largest absolute Gasteiger partial charge is 0.378 e. The van der Waals surface area contributed by atoms with Gasteiger partial charge in [-0.1, -0.05) is 25.5 Å². The zero-order valence-electron chi connectivity index (χ0n) is 6.89. The van der Waals surface area contributed by atoms with Gasteiger partial charge in [0.05, 0.1) is 5.60 Å². The Hall–Kier alpha value is -0.300. The molecule has 1 nitrogen and oxygen atoms in total. The van der Waals surface area contributed by atoms with Crippen molar-refractivity contribution < 1.29 is 4.74 Å². The molecule has 0 aliphatic heterocycles. The Bertz CT molecular complexity index is 119. The average molecular weight is 140 g/mol. The van der Waals surface area contributed by atoms with Crippen LogP contribution in [0.2, 0.25) is 0 Å². The van der Waals surface area contributed by atoms with Gasteiger partial charge in [-0.2, -0.15) is 0 Å². The first-order chi connectivity index (χ1) is 4.83. The van der Waals surface area contributed by atoms with E-state index in [0.717, 1.165) is 12.8 Å². The molecule has 1 aliphatic carbocycles. The van der Waals surface area contributed by atoms with Gasteiger partial charge >= 0.3 is 0 Å². The summed E-state index contributed by atoms with van der Waals surface area (Å²) in [5.41, 5.74) is 0.175. The number of rotatable bonds is 3. The lowest BCUT2D eigenvalue weighted by Crippen LogP contribution is -2.27. The number of methoxy groups -OCH3 is 1. The first-order valence-electron chi connectivity index (χ1n) is 4.03. The Morgan fingerprint density at radius 1 is 1.40 bits per heavy atom. The first kappa shape index (κ1) is 7.80. The molecule has 10 heavy (non-hydrogen) atoms. The van der Waals surface area contributed by atoms with Crippen LogP contribution in [0.15, 0.2) is 12.2 Å². The Labute approximate surface area is 63.1 Å². The summed E-state index contributed by atoms with van der Waals surface area (Å²) in [4.78, 5) is 0. The molecule has 0 fully saturated rings. The molecule has 0 bridgehead atoms. The van der Waals surface area contributed by atoms with Crippen molar-refractivity contribution in [1.29, 1.82) is 0 Å². The molecule has 0 saturated heterocycles. The van der Waals surface area contributed by atoms with Crippen LogP contribution in [0, 0.1) is 0 Å². The molecule has 0 N–H and O–H groups in total. The Morgan fingerprint density at radius 3 is 2.40 bits per heavy atom. The minimum absolute atomic E-state index is 0.175. The van der Waals surface area contributed by atoms with Crippen molar-refractivity contribution in [3.8, 4) is 0 Å². The SMILES string of the molecule is CCCC1(OC)CC=CC1. The van der Waals surface area contributed by atoms with Gasteiger partial charge < -0.3 is 4.74 Å². The maximum absolute atomic E-state index is 5.48. The highest BCUT2D eigenvalue weighted by Crippen LogP contribution is 2.31. The summed E-state index contributed by atoms with van der Waals surface area (Å²) in [7, 11) is 1.82. The molecule has 0 aromatic rings. The van der Waals surface area contributed by atoms with Gasteiger partial charge in [0.1, 0.15) is 0 Å². The van der Waals surface area contributed by atoms with Crippen molar-refractivity contribution in [3.63, 3.8) is 0 Å². The second-order valence-electron chi connectivity index (χ2n) is 3.02. The third-order valence-electron chi connectivity index (χ3n) is 2.29. The third kappa shape index (κ3) is 1.40. The quantitative estimate of drug-likeness (QED) is 0.547. The summed E-state index contributed by atoms with van der Waals surface area (Å²) >= 11 is 0. The predicted octanol–water partition coefficient (Wildman–Crippen LogP) is 2.52. The van der Waals surface area contributed by atoms with Gasteiger partial charge in [0.15, 0.2) is 0 Å². The van der Waals surface area contributed by atoms with Gasteiger partial charge in [0.25, 0.3) is 0 Å². The van der Waals surface area contributed by atoms with Crippen molar-refractivity contribution in [3.05, 3.63) is 12.2 Å². The van der Waals surface area contributed by atoms with E-state index >= 15 is 0 Å². The topological polar surface area (TPSA) is 9.23 Å². The zero-order valence-corrected chi connectivity index (χ0v) is 6.89. The molecule has 1 rings (SSSR count). The first-order valence-corrected chi connectivity index (χ1v) is 4.03. The Kier molecular flexibility index (Phi) is 2.50. The highest BCUT2D eigenvalue weighted by molar-refractivity contribution is 5.04. The predicted molar refractivity (Wildman–Crippen MR) is 43.0 cm³/mol. The minimum Gasteiger partial charge on any atom is -0.378 e. The zero-order chi connectivity index (χ0) is 7.45. The second kappa shape index (κ2) is 3.20. The highest BCUT2D eigenvalue weighted by atomic mass is 16.5. The van der Waals surface area contributed by atoms with Gasteiger partial charge in [0.2, 0.25) is 0 Å². The summed E-state index contributed by atoms with van der Waals surface area (Å²) in [5.74, 6) is 0. The van der Waals surface area contributed by atoms with Crippen LogP contribution in [0.25, 0.3) is 0 Å². The van der Waals surface area contributed by atoms with Crippen molar-refractivity contribution in [2.75, 3.05) is 7.11 Å². The standard InChI is InChI=1S/C9H16O/c1-3-6-9(10-2)7-4-5-8-9/h4-5H,3,6-8H2,1-2H3. The van der Waals surface area contributed by atoms with Crippen molar-refractivity contribution >= 4 is 0 Å². The van der Waals surface area contributed by atoms with Crippen LogP contribution in [-0.2, 0) is 4.74 Å².